The van der Waals surface area contributed by atoms with E-state index in [9.17, 15) is 9.59 Å². The van der Waals surface area contributed by atoms with E-state index in [-0.39, 0.29) is 11.0 Å². The number of hydrogen-bond acceptors (Lipinski definition) is 3. The summed E-state index contributed by atoms with van der Waals surface area (Å²) >= 11 is 0. The van der Waals surface area contributed by atoms with Gasteiger partial charge < -0.3 is 4.98 Å². The summed E-state index contributed by atoms with van der Waals surface area (Å²) in [6, 6.07) is 6.64. The van der Waals surface area contributed by atoms with Gasteiger partial charge in [0.2, 0.25) is 0 Å². The molecule has 0 spiro atoms. The summed E-state index contributed by atoms with van der Waals surface area (Å²) < 4.78 is 1.50. The third-order valence-corrected chi connectivity index (χ3v) is 3.75. The van der Waals surface area contributed by atoms with E-state index in [2.05, 4.69) is 23.8 Å². The molecule has 0 aromatic carbocycles. The predicted octanol–water partition coefficient (Wildman–Crippen LogP) is 2.44. The van der Waals surface area contributed by atoms with Gasteiger partial charge in [0.1, 0.15) is 11.3 Å². The topological polar surface area (TPSA) is 67.2 Å². The van der Waals surface area contributed by atoms with Crippen LogP contribution in [0.3, 0.4) is 0 Å². The first-order valence-corrected chi connectivity index (χ1v) is 7.71. The van der Waals surface area contributed by atoms with Crippen LogP contribution in [0.2, 0.25) is 0 Å². The molecule has 1 N–H and O–H groups in total. The van der Waals surface area contributed by atoms with Gasteiger partial charge in [-0.3, -0.25) is 9.59 Å². The molecule has 114 valence electrons. The van der Waals surface area contributed by atoms with Crippen LogP contribution < -0.4 is 11.0 Å². The highest BCUT2D eigenvalue weighted by Gasteiger charge is 2.09. The van der Waals surface area contributed by atoms with Crippen molar-refractivity contribution in [2.24, 2.45) is 0 Å². The van der Waals surface area contributed by atoms with Gasteiger partial charge in [-0.1, -0.05) is 26.7 Å². The van der Waals surface area contributed by atoms with Crippen LogP contribution in [0, 0.1) is 0 Å². The molecule has 3 aromatic heterocycles. The molecule has 3 heterocycles. The van der Waals surface area contributed by atoms with Crippen molar-refractivity contribution in [2.45, 2.75) is 39.5 Å². The molecule has 0 aliphatic heterocycles. The van der Waals surface area contributed by atoms with Gasteiger partial charge in [-0.05, 0) is 25.0 Å². The van der Waals surface area contributed by atoms with Gasteiger partial charge in [-0.15, -0.1) is 0 Å². The Morgan fingerprint density at radius 3 is 2.59 bits per heavy atom. The van der Waals surface area contributed by atoms with Crippen molar-refractivity contribution in [3.8, 4) is 0 Å². The van der Waals surface area contributed by atoms with Crippen molar-refractivity contribution < 1.29 is 0 Å². The maximum atomic E-state index is 12.5. The summed E-state index contributed by atoms with van der Waals surface area (Å²) in [5.41, 5.74) is 2.53. The lowest BCUT2D eigenvalue weighted by atomic mass is 10.2. The van der Waals surface area contributed by atoms with E-state index in [0.717, 1.165) is 37.1 Å². The molecule has 3 rings (SSSR count). The molecular weight excluding hydrogens is 278 g/mol. The van der Waals surface area contributed by atoms with Gasteiger partial charge in [-0.25, -0.2) is 9.38 Å². The van der Waals surface area contributed by atoms with E-state index >= 15 is 0 Å². The number of pyridine rings is 2. The molecule has 0 atom stereocenters. The largest absolute Gasteiger partial charge is 0.344 e. The SMILES string of the molecule is CCCc1cc(=O)n2c(ccc3c(=O)cc(CCC)[nH]c32)n1. The lowest BCUT2D eigenvalue weighted by Gasteiger charge is -2.08. The summed E-state index contributed by atoms with van der Waals surface area (Å²) in [6.45, 7) is 4.11. The maximum absolute atomic E-state index is 12.5. The van der Waals surface area contributed by atoms with Crippen molar-refractivity contribution in [3.05, 3.63) is 56.2 Å². The number of H-pyrrole nitrogens is 1. The molecule has 0 aliphatic rings. The van der Waals surface area contributed by atoms with E-state index in [1.807, 2.05) is 0 Å². The molecule has 5 heteroatoms. The molecule has 0 aliphatic carbocycles. The van der Waals surface area contributed by atoms with Crippen LogP contribution in [0.1, 0.15) is 38.1 Å². The van der Waals surface area contributed by atoms with Crippen LogP contribution in [0.5, 0.6) is 0 Å². The second-order valence-corrected chi connectivity index (χ2v) is 5.53. The molecule has 0 bridgehead atoms. The molecule has 5 nitrogen and oxygen atoms in total. The lowest BCUT2D eigenvalue weighted by molar-refractivity contribution is 0.864. The highest BCUT2D eigenvalue weighted by molar-refractivity contribution is 5.78. The van der Waals surface area contributed by atoms with Crippen LogP contribution in [0.4, 0.5) is 0 Å². The summed E-state index contributed by atoms with van der Waals surface area (Å²) in [4.78, 5) is 32.5. The number of nitrogens with one attached hydrogen (secondary N) is 1. The van der Waals surface area contributed by atoms with Crippen molar-refractivity contribution in [2.75, 3.05) is 0 Å². The molecule has 0 fully saturated rings. The third-order valence-electron chi connectivity index (χ3n) is 3.75. The van der Waals surface area contributed by atoms with E-state index in [0.29, 0.717) is 16.7 Å². The van der Waals surface area contributed by atoms with Gasteiger partial charge in [0.05, 0.1) is 5.39 Å². The zero-order chi connectivity index (χ0) is 15.7. The third kappa shape index (κ3) is 2.43. The molecule has 3 aromatic rings. The smallest absolute Gasteiger partial charge is 0.259 e. The minimum absolute atomic E-state index is 0.0661. The number of fused-ring (bicyclic) bond motifs is 3. The van der Waals surface area contributed by atoms with Gasteiger partial charge in [-0.2, -0.15) is 0 Å². The van der Waals surface area contributed by atoms with E-state index in [1.165, 1.54) is 4.40 Å². The number of nitrogens with zero attached hydrogens (tertiary/aromatic N) is 2. The van der Waals surface area contributed by atoms with Crippen LogP contribution in [-0.4, -0.2) is 14.4 Å². The van der Waals surface area contributed by atoms with Crippen molar-refractivity contribution in [3.63, 3.8) is 0 Å². The monoisotopic (exact) mass is 297 g/mol. The summed E-state index contributed by atoms with van der Waals surface area (Å²) in [5.74, 6) is 0. The van der Waals surface area contributed by atoms with E-state index in [1.54, 1.807) is 24.3 Å². The number of rotatable bonds is 4. The molecular formula is C17H19N3O2. The van der Waals surface area contributed by atoms with E-state index < -0.39 is 0 Å². The minimum atomic E-state index is -0.150. The Kier molecular flexibility index (Phi) is 3.79. The molecule has 0 amide bonds. The number of aromatic amines is 1. The van der Waals surface area contributed by atoms with Crippen molar-refractivity contribution >= 4 is 16.7 Å². The standard InChI is InChI=1S/C17H19N3O2/c1-3-5-11-9-14(21)13-7-8-15-18-12(6-4-2)10-16(22)20(15)17(13)19-11/h7-10H,3-6H2,1-2H3,(H,19,21). The van der Waals surface area contributed by atoms with Gasteiger partial charge >= 0.3 is 0 Å². The Hall–Kier alpha value is -2.43. The molecule has 22 heavy (non-hydrogen) atoms. The second kappa shape index (κ2) is 5.75. The van der Waals surface area contributed by atoms with Crippen LogP contribution >= 0.6 is 0 Å². The fraction of sp³-hybridized carbons (Fsp3) is 0.353. The Balaban J connectivity index is 2.38. The molecule has 0 saturated carbocycles. The average Bonchev–Trinajstić information content (AvgIpc) is 2.47. The zero-order valence-electron chi connectivity index (χ0n) is 12.8. The van der Waals surface area contributed by atoms with Crippen LogP contribution in [-0.2, 0) is 12.8 Å². The van der Waals surface area contributed by atoms with Crippen LogP contribution in [0.15, 0.2) is 33.9 Å². The summed E-state index contributed by atoms with van der Waals surface area (Å²) in [5, 5.41) is 0.513. The molecule has 0 saturated heterocycles. The Labute approximate surface area is 127 Å². The number of aryl methyl sites for hydroxylation is 2. The predicted molar refractivity (Wildman–Crippen MR) is 87.6 cm³/mol. The first-order chi connectivity index (χ1) is 10.6. The van der Waals surface area contributed by atoms with Gasteiger partial charge in [0.25, 0.3) is 5.56 Å². The van der Waals surface area contributed by atoms with Crippen LogP contribution in [0.25, 0.3) is 16.7 Å². The van der Waals surface area contributed by atoms with Gasteiger partial charge in [0.15, 0.2) is 5.43 Å². The normalized spacial score (nSPS) is 11.4. The summed E-state index contributed by atoms with van der Waals surface area (Å²) in [6.07, 6.45) is 3.42. The second-order valence-electron chi connectivity index (χ2n) is 5.53. The first-order valence-electron chi connectivity index (χ1n) is 7.71. The highest BCUT2D eigenvalue weighted by Crippen LogP contribution is 2.11. The fourth-order valence-electron chi connectivity index (χ4n) is 2.78. The first kappa shape index (κ1) is 14.5. The minimum Gasteiger partial charge on any atom is -0.344 e. The molecule has 0 unspecified atom stereocenters. The lowest BCUT2D eigenvalue weighted by Crippen LogP contribution is -2.19. The Morgan fingerprint density at radius 1 is 1.09 bits per heavy atom. The quantitative estimate of drug-likeness (QED) is 0.752. The highest BCUT2D eigenvalue weighted by atomic mass is 16.1. The van der Waals surface area contributed by atoms with Crippen molar-refractivity contribution in [1.82, 2.24) is 14.4 Å². The average molecular weight is 297 g/mol. The fourth-order valence-corrected chi connectivity index (χ4v) is 2.78. The Bertz CT molecular complexity index is 954. The van der Waals surface area contributed by atoms with E-state index in [4.69, 9.17) is 0 Å². The number of aromatic nitrogens is 3. The Morgan fingerprint density at radius 2 is 1.86 bits per heavy atom. The molecule has 0 radical (unpaired) electrons. The van der Waals surface area contributed by atoms with Crippen molar-refractivity contribution in [1.29, 1.82) is 0 Å². The summed E-state index contributed by atoms with van der Waals surface area (Å²) in [7, 11) is 0. The number of hydrogen-bond donors (Lipinski definition) is 1. The van der Waals surface area contributed by atoms with Gasteiger partial charge in [0, 0.05) is 23.5 Å². The zero-order valence-corrected chi connectivity index (χ0v) is 12.8. The maximum Gasteiger partial charge on any atom is 0.259 e.